The van der Waals surface area contributed by atoms with Gasteiger partial charge in [-0.15, -0.1) is 0 Å². The number of nitrogens with one attached hydrogen (secondary N) is 1. The third-order valence-electron chi connectivity index (χ3n) is 3.52. The van der Waals surface area contributed by atoms with Crippen molar-refractivity contribution in [3.63, 3.8) is 0 Å². The molecule has 0 aromatic rings. The van der Waals surface area contributed by atoms with Crippen LogP contribution in [0.2, 0.25) is 0 Å². The Morgan fingerprint density at radius 3 is 2.69 bits per heavy atom. The molecule has 13 heavy (non-hydrogen) atoms. The van der Waals surface area contributed by atoms with Crippen LogP contribution in [-0.2, 0) is 4.79 Å². The van der Waals surface area contributed by atoms with Gasteiger partial charge in [0.25, 0.3) is 0 Å². The summed E-state index contributed by atoms with van der Waals surface area (Å²) in [6.07, 6.45) is 7.96. The highest BCUT2D eigenvalue weighted by atomic mass is 32.1. The van der Waals surface area contributed by atoms with Crippen LogP contribution in [0.15, 0.2) is 0 Å². The maximum Gasteiger partial charge on any atom is 0.229 e. The Morgan fingerprint density at radius 2 is 2.08 bits per heavy atom. The molecule has 0 aromatic carbocycles. The summed E-state index contributed by atoms with van der Waals surface area (Å²) in [5.74, 6) is 0.419. The molecule has 3 heteroatoms. The van der Waals surface area contributed by atoms with Gasteiger partial charge in [0, 0.05) is 6.04 Å². The monoisotopic (exact) mass is 199 g/mol. The van der Waals surface area contributed by atoms with Crippen LogP contribution in [0, 0.1) is 5.41 Å². The van der Waals surface area contributed by atoms with E-state index in [1.54, 1.807) is 0 Å². The highest BCUT2D eigenvalue weighted by Crippen LogP contribution is 2.56. The van der Waals surface area contributed by atoms with E-state index in [2.05, 4.69) is 17.9 Å². The molecule has 0 aromatic heterocycles. The molecule has 2 nitrogen and oxygen atoms in total. The molecule has 0 aliphatic heterocycles. The Morgan fingerprint density at radius 1 is 1.38 bits per heavy atom. The summed E-state index contributed by atoms with van der Waals surface area (Å²) >= 11 is 3.96. The SMILES string of the molecule is O=C(CS)NC1CC12CCCCC2. The van der Waals surface area contributed by atoms with Gasteiger partial charge in [0.05, 0.1) is 5.75 Å². The van der Waals surface area contributed by atoms with Crippen LogP contribution in [0.3, 0.4) is 0 Å². The second-order valence-electron chi connectivity index (χ2n) is 4.41. The Bertz CT molecular complexity index is 211. The summed E-state index contributed by atoms with van der Waals surface area (Å²) < 4.78 is 0. The molecule has 1 N–H and O–H groups in total. The maximum atomic E-state index is 11.1. The van der Waals surface area contributed by atoms with E-state index in [9.17, 15) is 4.79 Å². The van der Waals surface area contributed by atoms with Crippen molar-refractivity contribution in [2.24, 2.45) is 5.41 Å². The summed E-state index contributed by atoms with van der Waals surface area (Å²) in [4.78, 5) is 11.1. The van der Waals surface area contributed by atoms with Crippen molar-refractivity contribution in [3.05, 3.63) is 0 Å². The van der Waals surface area contributed by atoms with Crippen LogP contribution < -0.4 is 5.32 Å². The molecule has 1 spiro atoms. The summed E-state index contributed by atoms with van der Waals surface area (Å²) in [6, 6.07) is 0.479. The van der Waals surface area contributed by atoms with Crippen molar-refractivity contribution in [2.45, 2.75) is 44.6 Å². The van der Waals surface area contributed by atoms with Gasteiger partial charge in [-0.25, -0.2) is 0 Å². The van der Waals surface area contributed by atoms with Gasteiger partial charge in [-0.1, -0.05) is 19.3 Å². The lowest BCUT2D eigenvalue weighted by atomic mass is 9.86. The fourth-order valence-corrected chi connectivity index (χ4v) is 2.69. The molecule has 2 saturated carbocycles. The Kier molecular flexibility index (Phi) is 2.54. The molecule has 2 aliphatic rings. The van der Waals surface area contributed by atoms with Crippen LogP contribution in [-0.4, -0.2) is 17.7 Å². The Balaban J connectivity index is 1.82. The zero-order valence-electron chi connectivity index (χ0n) is 7.88. The van der Waals surface area contributed by atoms with Crippen molar-refractivity contribution in [1.29, 1.82) is 0 Å². The third kappa shape index (κ3) is 1.85. The van der Waals surface area contributed by atoms with Gasteiger partial charge in [0.1, 0.15) is 0 Å². The Hall–Kier alpha value is -0.180. The lowest BCUT2D eigenvalue weighted by Crippen LogP contribution is -2.31. The quantitative estimate of drug-likeness (QED) is 0.652. The van der Waals surface area contributed by atoms with Gasteiger partial charge < -0.3 is 5.32 Å². The van der Waals surface area contributed by atoms with Crippen LogP contribution in [0.1, 0.15) is 38.5 Å². The van der Waals surface area contributed by atoms with Crippen molar-refractivity contribution in [3.8, 4) is 0 Å². The first-order valence-electron chi connectivity index (χ1n) is 5.17. The highest BCUT2D eigenvalue weighted by Gasteiger charge is 2.54. The summed E-state index contributed by atoms with van der Waals surface area (Å²) in [7, 11) is 0. The van der Waals surface area contributed by atoms with E-state index in [0.29, 0.717) is 17.2 Å². The van der Waals surface area contributed by atoms with Crippen LogP contribution in [0.25, 0.3) is 0 Å². The van der Waals surface area contributed by atoms with Crippen LogP contribution in [0.4, 0.5) is 0 Å². The minimum atomic E-state index is 0.0933. The molecule has 1 amide bonds. The van der Waals surface area contributed by atoms with Gasteiger partial charge in [-0.3, -0.25) is 4.79 Å². The minimum Gasteiger partial charge on any atom is -0.352 e. The smallest absolute Gasteiger partial charge is 0.229 e. The molecule has 2 fully saturated rings. The van der Waals surface area contributed by atoms with Gasteiger partial charge in [-0.05, 0) is 24.7 Å². The zero-order valence-corrected chi connectivity index (χ0v) is 8.78. The Labute approximate surface area is 84.9 Å². The highest BCUT2D eigenvalue weighted by molar-refractivity contribution is 7.81. The molecular formula is C10H17NOS. The summed E-state index contributed by atoms with van der Waals surface area (Å²) in [5, 5.41) is 3.05. The largest absolute Gasteiger partial charge is 0.352 e. The molecule has 0 radical (unpaired) electrons. The van der Waals surface area contributed by atoms with Crippen LogP contribution >= 0.6 is 12.6 Å². The van der Waals surface area contributed by atoms with Crippen molar-refractivity contribution in [2.75, 3.05) is 5.75 Å². The average molecular weight is 199 g/mol. The van der Waals surface area contributed by atoms with Crippen molar-refractivity contribution >= 4 is 18.5 Å². The van der Waals surface area contributed by atoms with Crippen molar-refractivity contribution in [1.82, 2.24) is 5.32 Å². The van der Waals surface area contributed by atoms with E-state index in [0.717, 1.165) is 0 Å². The lowest BCUT2D eigenvalue weighted by Gasteiger charge is -2.22. The van der Waals surface area contributed by atoms with E-state index in [1.165, 1.54) is 38.5 Å². The molecule has 0 bridgehead atoms. The fourth-order valence-electron chi connectivity index (χ4n) is 2.60. The molecule has 1 unspecified atom stereocenters. The number of carbonyl (C=O) groups excluding carboxylic acids is 1. The number of thiol groups is 1. The first-order chi connectivity index (χ1) is 6.27. The summed E-state index contributed by atoms with van der Waals surface area (Å²) in [6.45, 7) is 0. The molecule has 2 rings (SSSR count). The summed E-state index contributed by atoms with van der Waals surface area (Å²) in [5.41, 5.74) is 0.511. The first-order valence-corrected chi connectivity index (χ1v) is 5.80. The van der Waals surface area contributed by atoms with E-state index in [1.807, 2.05) is 0 Å². The number of amides is 1. The predicted molar refractivity (Wildman–Crippen MR) is 55.9 cm³/mol. The van der Waals surface area contributed by atoms with E-state index in [4.69, 9.17) is 0 Å². The topological polar surface area (TPSA) is 29.1 Å². The predicted octanol–water partition coefficient (Wildman–Crippen LogP) is 1.76. The van der Waals surface area contributed by atoms with E-state index < -0.39 is 0 Å². The second kappa shape index (κ2) is 3.52. The first kappa shape index (κ1) is 9.38. The zero-order chi connectivity index (χ0) is 9.31. The van der Waals surface area contributed by atoms with Gasteiger partial charge in [0.15, 0.2) is 0 Å². The van der Waals surface area contributed by atoms with Gasteiger partial charge >= 0.3 is 0 Å². The van der Waals surface area contributed by atoms with Gasteiger partial charge in [0.2, 0.25) is 5.91 Å². The lowest BCUT2D eigenvalue weighted by molar-refractivity contribution is -0.118. The molecular weight excluding hydrogens is 182 g/mol. The molecule has 74 valence electrons. The molecule has 0 heterocycles. The number of carbonyl (C=O) groups is 1. The van der Waals surface area contributed by atoms with E-state index in [-0.39, 0.29) is 5.91 Å². The molecule has 1 atom stereocenters. The third-order valence-corrected chi connectivity index (χ3v) is 3.81. The number of hydrogen-bond acceptors (Lipinski definition) is 2. The van der Waals surface area contributed by atoms with Crippen LogP contribution in [0.5, 0.6) is 0 Å². The van der Waals surface area contributed by atoms with Crippen molar-refractivity contribution < 1.29 is 4.79 Å². The molecule has 2 aliphatic carbocycles. The normalized spacial score (nSPS) is 30.1. The maximum absolute atomic E-state index is 11.1. The standard InChI is InChI=1S/C10H17NOS/c12-9(7-13)11-8-6-10(8)4-2-1-3-5-10/h8,13H,1-7H2,(H,11,12). The second-order valence-corrected chi connectivity index (χ2v) is 4.72. The number of rotatable bonds is 2. The van der Waals surface area contributed by atoms with E-state index >= 15 is 0 Å². The molecule has 0 saturated heterocycles. The van der Waals surface area contributed by atoms with Gasteiger partial charge in [-0.2, -0.15) is 12.6 Å². The minimum absolute atomic E-state index is 0.0933. The number of hydrogen-bond donors (Lipinski definition) is 2. The average Bonchev–Trinajstić information content (AvgIpc) is 2.79. The fraction of sp³-hybridized carbons (Fsp3) is 0.900.